The fourth-order valence-electron chi connectivity index (χ4n) is 2.95. The summed E-state index contributed by atoms with van der Waals surface area (Å²) in [6.07, 6.45) is 1.09. The van der Waals surface area contributed by atoms with Crippen molar-refractivity contribution in [2.45, 2.75) is 18.9 Å². The van der Waals surface area contributed by atoms with Gasteiger partial charge in [-0.05, 0) is 23.6 Å². The van der Waals surface area contributed by atoms with E-state index in [-0.39, 0.29) is 0 Å². The van der Waals surface area contributed by atoms with Crippen LogP contribution in [0, 0.1) is 0 Å². The Kier molecular flexibility index (Phi) is 4.33. The van der Waals surface area contributed by atoms with Crippen LogP contribution in [0.3, 0.4) is 0 Å². The molecule has 0 saturated carbocycles. The van der Waals surface area contributed by atoms with E-state index in [0.29, 0.717) is 17.5 Å². The van der Waals surface area contributed by atoms with Crippen molar-refractivity contribution < 1.29 is 19.8 Å². The summed E-state index contributed by atoms with van der Waals surface area (Å²) in [5, 5.41) is 23.1. The van der Waals surface area contributed by atoms with Gasteiger partial charge in [0.05, 0.1) is 0 Å². The summed E-state index contributed by atoms with van der Waals surface area (Å²) in [6.45, 7) is 0.562. The highest BCUT2D eigenvalue weighted by atomic mass is 16.4. The number of carbonyl (C=O) groups excluding carboxylic acids is 2. The van der Waals surface area contributed by atoms with E-state index in [9.17, 15) is 19.8 Å². The lowest BCUT2D eigenvalue weighted by atomic mass is 9.95. The monoisotopic (exact) mass is 321 g/mol. The summed E-state index contributed by atoms with van der Waals surface area (Å²) >= 11 is 0. The Morgan fingerprint density at radius 3 is 2.29 bits per heavy atom. The van der Waals surface area contributed by atoms with Gasteiger partial charge in [-0.25, -0.2) is 0 Å². The number of carbonyl (C=O) groups is 2. The molecule has 1 heterocycles. The van der Waals surface area contributed by atoms with Crippen molar-refractivity contribution in [2.75, 3.05) is 0 Å². The van der Waals surface area contributed by atoms with Gasteiger partial charge in [-0.3, -0.25) is 0 Å². The maximum absolute atomic E-state index is 11.4. The molecule has 0 fully saturated rings. The minimum atomic E-state index is -1.41. The molecular formula is C19H15NO4-2. The Balaban J connectivity index is 2.09. The van der Waals surface area contributed by atoms with Crippen LogP contribution in [-0.4, -0.2) is 16.5 Å². The molecule has 0 radical (unpaired) electrons. The maximum atomic E-state index is 11.4. The van der Waals surface area contributed by atoms with Crippen molar-refractivity contribution >= 4 is 22.8 Å². The van der Waals surface area contributed by atoms with Crippen LogP contribution in [0.15, 0.2) is 60.8 Å². The third kappa shape index (κ3) is 3.15. The van der Waals surface area contributed by atoms with Crippen LogP contribution in [-0.2, 0) is 16.1 Å². The molecule has 5 nitrogen and oxygen atoms in total. The van der Waals surface area contributed by atoms with E-state index in [0.717, 1.165) is 11.1 Å². The third-order valence-corrected chi connectivity index (χ3v) is 4.05. The number of nitrogens with zero attached hydrogens (tertiary/aromatic N) is 1. The Bertz CT molecular complexity index is 883. The highest BCUT2D eigenvalue weighted by Crippen LogP contribution is 2.30. The van der Waals surface area contributed by atoms with Crippen LogP contribution in [0.4, 0.5) is 0 Å². The Morgan fingerprint density at radius 2 is 1.62 bits per heavy atom. The average Bonchev–Trinajstić information content (AvgIpc) is 2.92. The number of aliphatic carboxylic acids is 2. The van der Waals surface area contributed by atoms with E-state index in [1.807, 2.05) is 47.0 Å². The molecule has 0 aliphatic heterocycles. The van der Waals surface area contributed by atoms with Crippen molar-refractivity contribution in [1.82, 2.24) is 4.57 Å². The summed E-state index contributed by atoms with van der Waals surface area (Å²) < 4.78 is 1.92. The second kappa shape index (κ2) is 6.58. The van der Waals surface area contributed by atoms with Gasteiger partial charge >= 0.3 is 0 Å². The topological polar surface area (TPSA) is 85.2 Å². The molecule has 24 heavy (non-hydrogen) atoms. The summed E-state index contributed by atoms with van der Waals surface area (Å²) in [5.74, 6) is -4.07. The Hall–Kier alpha value is -3.08. The smallest absolute Gasteiger partial charge is 0.0493 e. The molecule has 3 rings (SSSR count). The molecule has 5 heteroatoms. The molecule has 0 saturated heterocycles. The first-order chi connectivity index (χ1) is 11.6. The zero-order valence-electron chi connectivity index (χ0n) is 12.8. The van der Waals surface area contributed by atoms with E-state index in [4.69, 9.17) is 0 Å². The standard InChI is InChI=1S/C19H17NO4/c21-18(22)10-15(19(23)24)16-12-20(11-13-6-2-1-3-7-13)17-9-5-4-8-14(16)17/h1-9,12,15H,10-11H2,(H,21,22)(H,23,24)/p-2/t15-/m1/s1. The van der Waals surface area contributed by atoms with Gasteiger partial charge in [0.15, 0.2) is 0 Å². The molecule has 0 amide bonds. The second-order valence-electron chi connectivity index (χ2n) is 5.66. The summed E-state index contributed by atoms with van der Waals surface area (Å²) in [5.41, 5.74) is 2.35. The van der Waals surface area contributed by atoms with Gasteiger partial charge in [0.2, 0.25) is 0 Å². The van der Waals surface area contributed by atoms with Crippen LogP contribution in [0.25, 0.3) is 10.9 Å². The van der Waals surface area contributed by atoms with E-state index < -0.39 is 24.3 Å². The molecule has 0 spiro atoms. The lowest BCUT2D eigenvalue weighted by Gasteiger charge is -2.18. The maximum Gasteiger partial charge on any atom is 0.0493 e. The van der Waals surface area contributed by atoms with Crippen molar-refractivity contribution in [3.8, 4) is 0 Å². The fourth-order valence-corrected chi connectivity index (χ4v) is 2.95. The number of fused-ring (bicyclic) bond motifs is 1. The summed E-state index contributed by atoms with van der Waals surface area (Å²) in [4.78, 5) is 22.3. The molecule has 3 aromatic rings. The first kappa shape index (κ1) is 15.8. The molecule has 0 aliphatic carbocycles. The van der Waals surface area contributed by atoms with Crippen LogP contribution in [0.1, 0.15) is 23.5 Å². The van der Waals surface area contributed by atoms with Crippen molar-refractivity contribution in [1.29, 1.82) is 0 Å². The van der Waals surface area contributed by atoms with Gasteiger partial charge in [0.1, 0.15) is 0 Å². The number of aromatic nitrogens is 1. The number of para-hydroxylation sites is 1. The van der Waals surface area contributed by atoms with Crippen molar-refractivity contribution in [3.05, 3.63) is 71.9 Å². The molecular weight excluding hydrogens is 306 g/mol. The molecule has 1 aromatic heterocycles. The Morgan fingerprint density at radius 1 is 0.958 bits per heavy atom. The lowest BCUT2D eigenvalue weighted by Crippen LogP contribution is -2.34. The van der Waals surface area contributed by atoms with Gasteiger partial charge in [0, 0.05) is 41.5 Å². The quantitative estimate of drug-likeness (QED) is 0.667. The molecule has 0 unspecified atom stereocenters. The van der Waals surface area contributed by atoms with Gasteiger partial charge in [-0.1, -0.05) is 48.5 Å². The van der Waals surface area contributed by atoms with Crippen LogP contribution < -0.4 is 10.2 Å². The van der Waals surface area contributed by atoms with Crippen LogP contribution in [0.5, 0.6) is 0 Å². The minimum Gasteiger partial charge on any atom is -0.550 e. The molecule has 122 valence electrons. The van der Waals surface area contributed by atoms with E-state index >= 15 is 0 Å². The van der Waals surface area contributed by atoms with E-state index in [1.165, 1.54) is 0 Å². The van der Waals surface area contributed by atoms with Crippen molar-refractivity contribution in [3.63, 3.8) is 0 Å². The lowest BCUT2D eigenvalue weighted by molar-refractivity contribution is -0.317. The number of hydrogen-bond donors (Lipinski definition) is 0. The fraction of sp³-hybridized carbons (Fsp3) is 0.158. The first-order valence-corrected chi connectivity index (χ1v) is 7.58. The number of benzene rings is 2. The minimum absolute atomic E-state index is 0.436. The molecule has 0 N–H and O–H groups in total. The SMILES string of the molecule is O=C([O-])C[C@@H](C(=O)[O-])c1cn(Cc2ccccc2)c2ccccc12. The van der Waals surface area contributed by atoms with E-state index in [1.54, 1.807) is 18.3 Å². The highest BCUT2D eigenvalue weighted by molar-refractivity contribution is 5.91. The zero-order valence-corrected chi connectivity index (χ0v) is 12.8. The molecule has 0 bridgehead atoms. The second-order valence-corrected chi connectivity index (χ2v) is 5.66. The predicted molar refractivity (Wildman–Crippen MR) is 84.9 cm³/mol. The number of carboxylic acid groups (broad SMARTS) is 2. The first-order valence-electron chi connectivity index (χ1n) is 7.58. The molecule has 2 aromatic carbocycles. The van der Waals surface area contributed by atoms with Crippen LogP contribution in [0.2, 0.25) is 0 Å². The van der Waals surface area contributed by atoms with Gasteiger partial charge in [0.25, 0.3) is 0 Å². The van der Waals surface area contributed by atoms with Gasteiger partial charge < -0.3 is 24.4 Å². The molecule has 1 atom stereocenters. The van der Waals surface area contributed by atoms with Crippen molar-refractivity contribution in [2.24, 2.45) is 0 Å². The molecule has 0 aliphatic rings. The summed E-state index contributed by atoms with van der Waals surface area (Å²) in [7, 11) is 0. The average molecular weight is 321 g/mol. The summed E-state index contributed by atoms with van der Waals surface area (Å²) in [6, 6.07) is 17.1. The zero-order chi connectivity index (χ0) is 17.1. The highest BCUT2D eigenvalue weighted by Gasteiger charge is 2.19. The number of hydrogen-bond acceptors (Lipinski definition) is 4. The van der Waals surface area contributed by atoms with Gasteiger partial charge in [-0.2, -0.15) is 0 Å². The van der Waals surface area contributed by atoms with E-state index in [2.05, 4.69) is 0 Å². The van der Waals surface area contributed by atoms with Gasteiger partial charge in [-0.15, -0.1) is 0 Å². The Labute approximate surface area is 138 Å². The largest absolute Gasteiger partial charge is 0.550 e. The normalized spacial score (nSPS) is 12.2. The van der Waals surface area contributed by atoms with Crippen LogP contribution >= 0.6 is 0 Å². The number of carboxylic acids is 2. The predicted octanol–water partition coefficient (Wildman–Crippen LogP) is 0.663. The third-order valence-electron chi connectivity index (χ3n) is 4.05. The number of rotatable bonds is 6.